The van der Waals surface area contributed by atoms with Crippen LogP contribution in [0.5, 0.6) is 5.75 Å². The molecule has 0 unspecified atom stereocenters. The Morgan fingerprint density at radius 2 is 2.12 bits per heavy atom. The molecule has 4 nitrogen and oxygen atoms in total. The van der Waals surface area contributed by atoms with Crippen LogP contribution < -0.4 is 10.5 Å². The highest BCUT2D eigenvalue weighted by molar-refractivity contribution is 7.09. The van der Waals surface area contributed by atoms with E-state index in [-0.39, 0.29) is 0 Å². The third-order valence-corrected chi connectivity index (χ3v) is 3.09. The molecule has 0 saturated heterocycles. The van der Waals surface area contributed by atoms with Crippen LogP contribution in [0.15, 0.2) is 24.3 Å². The van der Waals surface area contributed by atoms with Crippen molar-refractivity contribution in [2.24, 2.45) is 0 Å². The number of nitrogens with zero attached hydrogens (tertiary/aromatic N) is 2. The standard InChI is InChI=1S/C12H15N3OS/c1-8(2)9-5-3-4-6-11(9)16-7-10-12(13)17-15-14-10/h3-6,8H,7,13H2,1-2H3. The highest BCUT2D eigenvalue weighted by atomic mass is 32.1. The van der Waals surface area contributed by atoms with E-state index >= 15 is 0 Å². The first-order chi connectivity index (χ1) is 8.18. The fourth-order valence-corrected chi connectivity index (χ4v) is 1.98. The molecule has 2 rings (SSSR count). The van der Waals surface area contributed by atoms with Crippen LogP contribution in [0.1, 0.15) is 31.0 Å². The van der Waals surface area contributed by atoms with Gasteiger partial charge in [-0.1, -0.05) is 36.5 Å². The third-order valence-electron chi connectivity index (χ3n) is 2.49. The van der Waals surface area contributed by atoms with Crippen LogP contribution in [-0.4, -0.2) is 9.59 Å². The maximum absolute atomic E-state index is 5.75. The fourth-order valence-electron chi connectivity index (χ4n) is 1.55. The molecular weight excluding hydrogens is 234 g/mol. The number of anilines is 1. The molecule has 0 bridgehead atoms. The van der Waals surface area contributed by atoms with E-state index in [9.17, 15) is 0 Å². The molecule has 17 heavy (non-hydrogen) atoms. The lowest BCUT2D eigenvalue weighted by Gasteiger charge is -2.12. The molecule has 0 atom stereocenters. The molecule has 5 heteroatoms. The highest BCUT2D eigenvalue weighted by Crippen LogP contribution is 2.27. The molecule has 0 spiro atoms. The van der Waals surface area contributed by atoms with Gasteiger partial charge < -0.3 is 10.5 Å². The molecule has 90 valence electrons. The molecule has 1 heterocycles. The molecule has 0 aliphatic rings. The van der Waals surface area contributed by atoms with Gasteiger partial charge in [0.1, 0.15) is 23.1 Å². The maximum Gasteiger partial charge on any atom is 0.136 e. The fraction of sp³-hybridized carbons (Fsp3) is 0.333. The van der Waals surface area contributed by atoms with E-state index in [0.29, 0.717) is 23.2 Å². The lowest BCUT2D eigenvalue weighted by molar-refractivity contribution is 0.297. The van der Waals surface area contributed by atoms with Crippen molar-refractivity contribution in [3.63, 3.8) is 0 Å². The Bertz CT molecular complexity index is 496. The lowest BCUT2D eigenvalue weighted by Crippen LogP contribution is -2.02. The second-order valence-corrected chi connectivity index (χ2v) is 4.85. The molecule has 0 amide bonds. The zero-order valence-electron chi connectivity index (χ0n) is 9.88. The highest BCUT2D eigenvalue weighted by Gasteiger charge is 2.09. The average molecular weight is 249 g/mol. The minimum Gasteiger partial charge on any atom is -0.487 e. The number of nitrogen functional groups attached to an aromatic ring is 1. The molecule has 1 aromatic carbocycles. The number of para-hydroxylation sites is 1. The molecule has 0 radical (unpaired) electrons. The minimum absolute atomic E-state index is 0.367. The smallest absolute Gasteiger partial charge is 0.136 e. The van der Waals surface area contributed by atoms with Gasteiger partial charge in [-0.3, -0.25) is 0 Å². The molecule has 1 aromatic heterocycles. The van der Waals surface area contributed by atoms with Crippen molar-refractivity contribution >= 4 is 16.5 Å². The Morgan fingerprint density at radius 1 is 1.35 bits per heavy atom. The number of nitrogens with two attached hydrogens (primary N) is 1. The molecular formula is C12H15N3OS. The van der Waals surface area contributed by atoms with Crippen molar-refractivity contribution in [2.45, 2.75) is 26.4 Å². The number of hydrogen-bond acceptors (Lipinski definition) is 5. The van der Waals surface area contributed by atoms with E-state index < -0.39 is 0 Å². The second kappa shape index (κ2) is 5.14. The SMILES string of the molecule is CC(C)c1ccccc1OCc1nnsc1N. The third kappa shape index (κ3) is 2.74. The summed E-state index contributed by atoms with van der Waals surface area (Å²) in [5.41, 5.74) is 7.61. The summed E-state index contributed by atoms with van der Waals surface area (Å²) < 4.78 is 9.53. The first kappa shape index (κ1) is 11.9. The van der Waals surface area contributed by atoms with E-state index in [0.717, 1.165) is 5.75 Å². The van der Waals surface area contributed by atoms with E-state index in [2.05, 4.69) is 29.5 Å². The monoisotopic (exact) mass is 249 g/mol. The predicted molar refractivity (Wildman–Crippen MR) is 69.2 cm³/mol. The second-order valence-electron chi connectivity index (χ2n) is 4.07. The topological polar surface area (TPSA) is 61.0 Å². The normalized spacial score (nSPS) is 10.8. The summed E-state index contributed by atoms with van der Waals surface area (Å²) in [4.78, 5) is 0. The Hall–Kier alpha value is -1.62. The zero-order valence-corrected chi connectivity index (χ0v) is 10.7. The summed E-state index contributed by atoms with van der Waals surface area (Å²) in [5.74, 6) is 1.31. The van der Waals surface area contributed by atoms with Gasteiger partial charge in [-0.05, 0) is 17.5 Å². The van der Waals surface area contributed by atoms with Crippen molar-refractivity contribution < 1.29 is 4.74 Å². The molecule has 0 fully saturated rings. The summed E-state index contributed by atoms with van der Waals surface area (Å²) in [7, 11) is 0. The number of hydrogen-bond donors (Lipinski definition) is 1. The van der Waals surface area contributed by atoms with Crippen LogP contribution in [0, 0.1) is 0 Å². The van der Waals surface area contributed by atoms with Crippen LogP contribution >= 0.6 is 11.5 Å². The van der Waals surface area contributed by atoms with Crippen LogP contribution in [0.4, 0.5) is 5.00 Å². The van der Waals surface area contributed by atoms with Crippen LogP contribution in [0.2, 0.25) is 0 Å². The van der Waals surface area contributed by atoms with Gasteiger partial charge in [0.15, 0.2) is 0 Å². The van der Waals surface area contributed by atoms with E-state index in [1.165, 1.54) is 17.1 Å². The van der Waals surface area contributed by atoms with Crippen molar-refractivity contribution in [1.29, 1.82) is 0 Å². The molecule has 2 aromatic rings. The quantitative estimate of drug-likeness (QED) is 0.905. The molecule has 2 N–H and O–H groups in total. The number of benzene rings is 1. The number of aromatic nitrogens is 2. The van der Waals surface area contributed by atoms with Crippen molar-refractivity contribution in [3.05, 3.63) is 35.5 Å². The van der Waals surface area contributed by atoms with Gasteiger partial charge in [-0.2, -0.15) is 0 Å². The number of rotatable bonds is 4. The van der Waals surface area contributed by atoms with E-state index in [4.69, 9.17) is 10.5 Å². The maximum atomic E-state index is 5.75. The summed E-state index contributed by atoms with van der Waals surface area (Å²) in [6, 6.07) is 8.01. The van der Waals surface area contributed by atoms with Gasteiger partial charge in [-0.25, -0.2) is 0 Å². The van der Waals surface area contributed by atoms with E-state index in [1.807, 2.05) is 18.2 Å². The van der Waals surface area contributed by atoms with Crippen LogP contribution in [0.25, 0.3) is 0 Å². The van der Waals surface area contributed by atoms with E-state index in [1.54, 1.807) is 0 Å². The van der Waals surface area contributed by atoms with Crippen molar-refractivity contribution in [2.75, 3.05) is 5.73 Å². The summed E-state index contributed by atoms with van der Waals surface area (Å²) in [6.07, 6.45) is 0. The Morgan fingerprint density at radius 3 is 2.76 bits per heavy atom. The Labute approximate surface area is 105 Å². The van der Waals surface area contributed by atoms with Gasteiger partial charge in [0.25, 0.3) is 0 Å². The first-order valence-corrected chi connectivity index (χ1v) is 6.24. The Balaban J connectivity index is 2.11. The lowest BCUT2D eigenvalue weighted by atomic mass is 10.0. The summed E-state index contributed by atoms with van der Waals surface area (Å²) >= 11 is 1.19. The van der Waals surface area contributed by atoms with Gasteiger partial charge in [0.05, 0.1) is 0 Å². The minimum atomic E-state index is 0.367. The van der Waals surface area contributed by atoms with Crippen LogP contribution in [-0.2, 0) is 6.61 Å². The largest absolute Gasteiger partial charge is 0.487 e. The first-order valence-electron chi connectivity index (χ1n) is 5.47. The van der Waals surface area contributed by atoms with Gasteiger partial charge in [-0.15, -0.1) is 5.10 Å². The average Bonchev–Trinajstić information content (AvgIpc) is 2.72. The van der Waals surface area contributed by atoms with Gasteiger partial charge in [0, 0.05) is 11.5 Å². The van der Waals surface area contributed by atoms with Crippen LogP contribution in [0.3, 0.4) is 0 Å². The van der Waals surface area contributed by atoms with Gasteiger partial charge >= 0.3 is 0 Å². The van der Waals surface area contributed by atoms with Gasteiger partial charge in [0.2, 0.25) is 0 Å². The summed E-state index contributed by atoms with van der Waals surface area (Å²) in [5, 5.41) is 4.54. The Kier molecular flexibility index (Phi) is 3.58. The zero-order chi connectivity index (χ0) is 12.3. The molecule has 0 aliphatic heterocycles. The van der Waals surface area contributed by atoms with Crippen molar-refractivity contribution in [1.82, 2.24) is 9.59 Å². The molecule has 0 saturated carbocycles. The number of ether oxygens (including phenoxy) is 1. The summed E-state index contributed by atoms with van der Waals surface area (Å²) in [6.45, 7) is 4.65. The van der Waals surface area contributed by atoms with Crippen molar-refractivity contribution in [3.8, 4) is 5.75 Å². The predicted octanol–water partition coefficient (Wildman–Crippen LogP) is 2.82. The molecule has 0 aliphatic carbocycles.